The van der Waals surface area contributed by atoms with Crippen molar-refractivity contribution in [2.75, 3.05) is 44.2 Å². The van der Waals surface area contributed by atoms with Crippen LogP contribution in [0.15, 0.2) is 60.7 Å². The van der Waals surface area contributed by atoms with Crippen molar-refractivity contribution in [3.8, 4) is 5.75 Å². The van der Waals surface area contributed by atoms with Crippen molar-refractivity contribution in [3.05, 3.63) is 94.6 Å². The van der Waals surface area contributed by atoms with E-state index in [0.29, 0.717) is 56.2 Å². The molecule has 3 aromatic rings. The molecule has 1 spiro atoms. The fourth-order valence-electron chi connectivity index (χ4n) is 7.35. The highest BCUT2D eigenvalue weighted by molar-refractivity contribution is 5.69. The van der Waals surface area contributed by atoms with Gasteiger partial charge < -0.3 is 14.7 Å². The molecule has 0 aliphatic carbocycles. The Bertz CT molecular complexity index is 1480. The molecule has 2 saturated heterocycles. The quantitative estimate of drug-likeness (QED) is 0.294. The van der Waals surface area contributed by atoms with Crippen molar-refractivity contribution in [3.63, 3.8) is 0 Å². The minimum Gasteiger partial charge on any atom is -0.489 e. The van der Waals surface area contributed by atoms with E-state index in [1.165, 1.54) is 17.0 Å². The fourth-order valence-corrected chi connectivity index (χ4v) is 7.35. The number of anilines is 1. The molecule has 0 amide bonds. The Balaban J connectivity index is 1.28. The summed E-state index contributed by atoms with van der Waals surface area (Å²) in [5, 5.41) is 9.17. The molecule has 2 fully saturated rings. The largest absolute Gasteiger partial charge is 0.489 e. The van der Waals surface area contributed by atoms with Crippen LogP contribution in [0.25, 0.3) is 0 Å². The second-order valence-electron chi connectivity index (χ2n) is 12.5. The molecule has 3 atom stereocenters. The fraction of sp³-hybridized carbons (Fsp3) is 0.441. The molecule has 44 heavy (non-hydrogen) atoms. The topological polar surface area (TPSA) is 56.3 Å². The van der Waals surface area contributed by atoms with Gasteiger partial charge in [-0.3, -0.25) is 14.6 Å². The summed E-state index contributed by atoms with van der Waals surface area (Å²) >= 11 is 0. The number of ether oxygens (including phenoxy) is 1. The van der Waals surface area contributed by atoms with Gasteiger partial charge >= 0.3 is 5.97 Å². The highest BCUT2D eigenvalue weighted by atomic mass is 19.3. The zero-order valence-corrected chi connectivity index (χ0v) is 24.7. The third-order valence-electron chi connectivity index (χ3n) is 9.44. The zero-order valence-electron chi connectivity index (χ0n) is 24.7. The van der Waals surface area contributed by atoms with Gasteiger partial charge in [-0.1, -0.05) is 36.4 Å². The molecular weight excluding hydrogens is 574 g/mol. The Morgan fingerprint density at radius 1 is 1.02 bits per heavy atom. The predicted octanol–water partition coefficient (Wildman–Crippen LogP) is 6.13. The first-order valence-electron chi connectivity index (χ1n) is 15.1. The van der Waals surface area contributed by atoms with Crippen LogP contribution in [0.1, 0.15) is 48.1 Å². The number of carbonyl (C=O) groups is 1. The number of benzene rings is 3. The molecule has 0 bridgehead atoms. The Morgan fingerprint density at radius 2 is 1.75 bits per heavy atom. The molecular formula is C34H37F4N3O3. The molecule has 2 unspecified atom stereocenters. The van der Waals surface area contributed by atoms with Gasteiger partial charge in [0.05, 0.1) is 19.1 Å². The van der Waals surface area contributed by atoms with Gasteiger partial charge in [-0.15, -0.1) is 0 Å². The molecule has 1 N–H and O–H groups in total. The molecule has 0 radical (unpaired) electrons. The van der Waals surface area contributed by atoms with Gasteiger partial charge in [-0.25, -0.2) is 17.6 Å². The molecule has 3 heterocycles. The minimum atomic E-state index is -2.67. The first-order chi connectivity index (χ1) is 21.1. The first kappa shape index (κ1) is 30.4. The third-order valence-corrected chi connectivity index (χ3v) is 9.44. The van der Waals surface area contributed by atoms with Gasteiger partial charge in [0.2, 0.25) is 0 Å². The highest BCUT2D eigenvalue weighted by Crippen LogP contribution is 2.44. The highest BCUT2D eigenvalue weighted by Gasteiger charge is 2.44. The molecule has 6 rings (SSSR count). The molecule has 3 aromatic carbocycles. The lowest BCUT2D eigenvalue weighted by Gasteiger charge is -2.42. The average molecular weight is 612 g/mol. The number of aliphatic carboxylic acids is 1. The van der Waals surface area contributed by atoms with E-state index in [2.05, 4.69) is 0 Å². The van der Waals surface area contributed by atoms with E-state index >= 15 is 8.78 Å². The van der Waals surface area contributed by atoms with Crippen LogP contribution in [0.5, 0.6) is 5.75 Å². The van der Waals surface area contributed by atoms with Crippen LogP contribution in [-0.2, 0) is 17.8 Å². The standard InChI is InChI=1S/C34H37F4N3O3/c1-22-13-24-14-26(44-19-23-5-3-2-4-6-23)7-8-27(24)33(41(22)17-30(37)38)32-28(35)15-25(16-29(32)36)40-12-10-34(21-40)9-11-39(20-34)18-31(42)43/h2-8,14-16,22,30,33H,9-13,17-21H2,1H3,(H,42,43)/t22-,33?,34?/m1/s1. The molecule has 6 nitrogen and oxygen atoms in total. The summed E-state index contributed by atoms with van der Waals surface area (Å²) in [5.41, 5.74) is 2.46. The monoisotopic (exact) mass is 611 g/mol. The van der Waals surface area contributed by atoms with Gasteiger partial charge in [-0.2, -0.15) is 0 Å². The molecule has 10 heteroatoms. The lowest BCUT2D eigenvalue weighted by atomic mass is 9.84. The van der Waals surface area contributed by atoms with Crippen molar-refractivity contribution in [2.45, 2.75) is 51.3 Å². The Kier molecular flexibility index (Phi) is 8.57. The number of alkyl halides is 2. The Morgan fingerprint density at radius 3 is 2.45 bits per heavy atom. The summed E-state index contributed by atoms with van der Waals surface area (Å²) in [6.45, 7) is 4.03. The van der Waals surface area contributed by atoms with E-state index < -0.39 is 36.6 Å². The van der Waals surface area contributed by atoms with Gasteiger partial charge in [0.25, 0.3) is 6.43 Å². The zero-order chi connectivity index (χ0) is 31.0. The lowest BCUT2D eigenvalue weighted by Crippen LogP contribution is -2.45. The molecule has 234 valence electrons. The number of fused-ring (bicyclic) bond motifs is 1. The van der Waals surface area contributed by atoms with Gasteiger partial charge in [0, 0.05) is 42.3 Å². The summed E-state index contributed by atoms with van der Waals surface area (Å²) in [4.78, 5) is 16.5. The summed E-state index contributed by atoms with van der Waals surface area (Å²) in [7, 11) is 0. The van der Waals surface area contributed by atoms with Crippen LogP contribution in [0.2, 0.25) is 0 Å². The van der Waals surface area contributed by atoms with Crippen molar-refractivity contribution < 1.29 is 32.2 Å². The normalized spacial score (nSPS) is 23.9. The van der Waals surface area contributed by atoms with E-state index in [4.69, 9.17) is 9.84 Å². The average Bonchev–Trinajstić information content (AvgIpc) is 3.58. The van der Waals surface area contributed by atoms with Crippen molar-refractivity contribution in [2.24, 2.45) is 5.41 Å². The molecule has 0 saturated carbocycles. The SMILES string of the molecule is C[C@@H]1Cc2cc(OCc3ccccc3)ccc2C(c2c(F)cc(N3CCC4(CCN(CC(=O)O)C4)C3)cc2F)N1CC(F)F. The van der Waals surface area contributed by atoms with Gasteiger partial charge in [0.1, 0.15) is 24.0 Å². The predicted molar refractivity (Wildman–Crippen MR) is 159 cm³/mol. The van der Waals surface area contributed by atoms with Crippen molar-refractivity contribution in [1.82, 2.24) is 9.80 Å². The number of carboxylic acids is 1. The van der Waals surface area contributed by atoms with Crippen molar-refractivity contribution in [1.29, 1.82) is 0 Å². The van der Waals surface area contributed by atoms with Crippen molar-refractivity contribution >= 4 is 11.7 Å². The Hall–Kier alpha value is -3.63. The maximum absolute atomic E-state index is 16.1. The van der Waals surface area contributed by atoms with Crippen LogP contribution >= 0.6 is 0 Å². The third kappa shape index (κ3) is 6.28. The van der Waals surface area contributed by atoms with E-state index in [1.807, 2.05) is 46.2 Å². The summed E-state index contributed by atoms with van der Waals surface area (Å²) in [6, 6.07) is 16.2. The number of halogens is 4. The number of likely N-dealkylation sites (tertiary alicyclic amines) is 1. The smallest absolute Gasteiger partial charge is 0.317 e. The van der Waals surface area contributed by atoms with Gasteiger partial charge in [0.15, 0.2) is 0 Å². The van der Waals surface area contributed by atoms with Gasteiger partial charge in [-0.05, 0) is 73.7 Å². The van der Waals surface area contributed by atoms with E-state index in [0.717, 1.165) is 24.0 Å². The summed E-state index contributed by atoms with van der Waals surface area (Å²) < 4.78 is 65.7. The molecule has 3 aliphatic rings. The number of hydrogen-bond acceptors (Lipinski definition) is 5. The minimum absolute atomic E-state index is 0.0171. The summed E-state index contributed by atoms with van der Waals surface area (Å²) in [6.07, 6.45) is -0.598. The number of hydrogen-bond donors (Lipinski definition) is 1. The maximum atomic E-state index is 16.1. The van der Waals surface area contributed by atoms with E-state index in [9.17, 15) is 13.6 Å². The number of rotatable bonds is 9. The second-order valence-corrected chi connectivity index (χ2v) is 12.5. The summed E-state index contributed by atoms with van der Waals surface area (Å²) in [5.74, 6) is -1.80. The maximum Gasteiger partial charge on any atom is 0.317 e. The number of nitrogens with zero attached hydrogens (tertiary/aromatic N) is 3. The van der Waals surface area contributed by atoms with Crippen LogP contribution in [0.3, 0.4) is 0 Å². The van der Waals surface area contributed by atoms with Crippen LogP contribution in [-0.4, -0.2) is 72.6 Å². The second kappa shape index (κ2) is 12.4. The number of carboxylic acid groups (broad SMARTS) is 1. The first-order valence-corrected chi connectivity index (χ1v) is 15.1. The van der Waals surface area contributed by atoms with Crippen LogP contribution < -0.4 is 9.64 Å². The van der Waals surface area contributed by atoms with E-state index in [-0.39, 0.29) is 23.6 Å². The molecule has 0 aromatic heterocycles. The van der Waals surface area contributed by atoms with Crippen LogP contribution in [0, 0.1) is 17.0 Å². The van der Waals surface area contributed by atoms with E-state index in [1.54, 1.807) is 19.1 Å². The lowest BCUT2D eigenvalue weighted by molar-refractivity contribution is -0.138. The Labute approximate surface area is 254 Å². The molecule has 3 aliphatic heterocycles. The van der Waals surface area contributed by atoms with Crippen LogP contribution in [0.4, 0.5) is 23.2 Å².